The average Bonchev–Trinajstić information content (AvgIpc) is 2.83. The summed E-state index contributed by atoms with van der Waals surface area (Å²) in [6.45, 7) is 2.03. The minimum absolute atomic E-state index is 0.198. The van der Waals surface area contributed by atoms with Crippen LogP contribution in [-0.2, 0) is 0 Å². The SMILES string of the molecule is Cc1ccc(NC(=O)NC[P+](c2ccccc2)(c2ccccc2)c2ccccc2)cc1. The van der Waals surface area contributed by atoms with Gasteiger partial charge in [0.1, 0.15) is 29.5 Å². The Balaban J connectivity index is 1.71. The van der Waals surface area contributed by atoms with Crippen molar-refractivity contribution < 1.29 is 4.79 Å². The first-order valence-electron chi connectivity index (χ1n) is 10.3. The lowest BCUT2D eigenvalue weighted by molar-refractivity contribution is 0.253. The third-order valence-corrected chi connectivity index (χ3v) is 9.55. The molecular weight excluding hydrogens is 399 g/mol. The lowest BCUT2D eigenvalue weighted by atomic mass is 10.2. The average molecular weight is 425 g/mol. The van der Waals surface area contributed by atoms with E-state index in [1.54, 1.807) is 0 Å². The second-order valence-corrected chi connectivity index (χ2v) is 11.0. The van der Waals surface area contributed by atoms with Crippen molar-refractivity contribution in [3.63, 3.8) is 0 Å². The van der Waals surface area contributed by atoms with Crippen LogP contribution in [-0.4, -0.2) is 12.3 Å². The van der Waals surface area contributed by atoms with Crippen molar-refractivity contribution in [2.45, 2.75) is 6.92 Å². The molecule has 0 aliphatic rings. The van der Waals surface area contributed by atoms with Gasteiger partial charge in [-0.1, -0.05) is 72.3 Å². The van der Waals surface area contributed by atoms with Crippen molar-refractivity contribution in [3.8, 4) is 0 Å². The zero-order chi connectivity index (χ0) is 21.5. The van der Waals surface area contributed by atoms with Crippen LogP contribution in [0.2, 0.25) is 0 Å². The molecule has 0 radical (unpaired) electrons. The molecule has 154 valence electrons. The number of benzene rings is 4. The molecule has 0 saturated heterocycles. The first-order valence-corrected chi connectivity index (χ1v) is 12.3. The maximum atomic E-state index is 12.8. The van der Waals surface area contributed by atoms with Gasteiger partial charge < -0.3 is 10.6 Å². The van der Waals surface area contributed by atoms with Crippen molar-refractivity contribution in [1.82, 2.24) is 5.32 Å². The van der Waals surface area contributed by atoms with Crippen LogP contribution in [0.5, 0.6) is 0 Å². The third-order valence-electron chi connectivity index (χ3n) is 5.38. The van der Waals surface area contributed by atoms with Gasteiger partial charge in [-0.05, 0) is 55.5 Å². The summed E-state index contributed by atoms with van der Waals surface area (Å²) in [4.78, 5) is 12.8. The number of urea groups is 1. The van der Waals surface area contributed by atoms with Gasteiger partial charge in [-0.15, -0.1) is 0 Å². The predicted octanol–water partition coefficient (Wildman–Crippen LogP) is 5.07. The van der Waals surface area contributed by atoms with E-state index in [0.717, 1.165) is 11.3 Å². The van der Waals surface area contributed by atoms with Gasteiger partial charge >= 0.3 is 6.03 Å². The molecule has 0 atom stereocenters. The Kier molecular flexibility index (Phi) is 6.45. The molecule has 0 aromatic heterocycles. The van der Waals surface area contributed by atoms with E-state index < -0.39 is 7.26 Å². The molecule has 0 saturated carbocycles. The van der Waals surface area contributed by atoms with E-state index in [1.165, 1.54) is 15.9 Å². The number of aryl methyl sites for hydroxylation is 1. The number of anilines is 1. The summed E-state index contributed by atoms with van der Waals surface area (Å²) in [6.07, 6.45) is 0.530. The maximum Gasteiger partial charge on any atom is 0.322 e. The predicted molar refractivity (Wildman–Crippen MR) is 133 cm³/mol. The van der Waals surface area contributed by atoms with Gasteiger partial charge in [0.25, 0.3) is 0 Å². The van der Waals surface area contributed by atoms with Crippen LogP contribution < -0.4 is 26.5 Å². The van der Waals surface area contributed by atoms with Crippen LogP contribution in [0.4, 0.5) is 10.5 Å². The molecule has 0 heterocycles. The summed E-state index contributed by atoms with van der Waals surface area (Å²) in [6, 6.07) is 39.2. The van der Waals surface area contributed by atoms with Gasteiger partial charge in [0, 0.05) is 5.69 Å². The first kappa shape index (κ1) is 20.8. The van der Waals surface area contributed by atoms with Crippen molar-refractivity contribution in [2.24, 2.45) is 0 Å². The summed E-state index contributed by atoms with van der Waals surface area (Å²) in [5.74, 6) is 0. The molecule has 4 heteroatoms. The van der Waals surface area contributed by atoms with Crippen molar-refractivity contribution in [1.29, 1.82) is 0 Å². The summed E-state index contributed by atoms with van der Waals surface area (Å²) >= 11 is 0. The maximum absolute atomic E-state index is 12.8. The molecular formula is C27H26N2OP+. The van der Waals surface area contributed by atoms with Gasteiger partial charge in [0.2, 0.25) is 0 Å². The highest BCUT2D eigenvalue weighted by atomic mass is 31.2. The molecule has 0 unspecified atom stereocenters. The number of carbonyl (C=O) groups excluding carboxylic acids is 1. The molecule has 0 aliphatic carbocycles. The fourth-order valence-electron chi connectivity index (χ4n) is 3.77. The quantitative estimate of drug-likeness (QED) is 0.416. The molecule has 0 bridgehead atoms. The first-order chi connectivity index (χ1) is 15.2. The van der Waals surface area contributed by atoms with E-state index in [9.17, 15) is 4.79 Å². The van der Waals surface area contributed by atoms with Crippen LogP contribution in [0.15, 0.2) is 115 Å². The monoisotopic (exact) mass is 425 g/mol. The number of carbonyl (C=O) groups is 1. The van der Waals surface area contributed by atoms with Crippen LogP contribution in [0.1, 0.15) is 5.56 Å². The highest BCUT2D eigenvalue weighted by molar-refractivity contribution is 7.95. The lowest BCUT2D eigenvalue weighted by Gasteiger charge is -2.27. The number of rotatable bonds is 6. The van der Waals surface area contributed by atoms with Crippen LogP contribution in [0.3, 0.4) is 0 Å². The molecule has 4 aromatic rings. The molecule has 0 fully saturated rings. The standard InChI is InChI=1S/C27H25N2OP/c1-22-17-19-23(20-18-22)29-27(30)28-21-31(24-11-5-2-6-12-24,25-13-7-3-8-14-25)26-15-9-4-10-16-26/h2-20H,21H2,1H3,(H-,28,29,30)/p+1. The third kappa shape index (κ3) is 4.68. The summed E-state index contributed by atoms with van der Waals surface area (Å²) in [5, 5.41) is 9.86. The summed E-state index contributed by atoms with van der Waals surface area (Å²) < 4.78 is 0. The molecule has 31 heavy (non-hydrogen) atoms. The highest BCUT2D eigenvalue weighted by Crippen LogP contribution is 2.54. The molecule has 0 aliphatic heterocycles. The second kappa shape index (κ2) is 9.59. The molecule has 4 rings (SSSR count). The Morgan fingerprint density at radius 3 is 1.48 bits per heavy atom. The van der Waals surface area contributed by atoms with Crippen molar-refractivity contribution >= 4 is 34.9 Å². The largest absolute Gasteiger partial charge is 0.322 e. The van der Waals surface area contributed by atoms with E-state index in [0.29, 0.717) is 6.29 Å². The Morgan fingerprint density at radius 2 is 1.06 bits per heavy atom. The topological polar surface area (TPSA) is 41.1 Å². The van der Waals surface area contributed by atoms with Crippen LogP contribution in [0.25, 0.3) is 0 Å². The molecule has 2 N–H and O–H groups in total. The smallest absolute Gasteiger partial charge is 0.308 e. The Morgan fingerprint density at radius 1 is 0.645 bits per heavy atom. The summed E-state index contributed by atoms with van der Waals surface area (Å²) in [7, 11) is -2.09. The molecule has 4 aromatic carbocycles. The normalized spacial score (nSPS) is 11.0. The Labute approximate surface area is 184 Å². The fraction of sp³-hybridized carbons (Fsp3) is 0.0741. The second-order valence-electron chi connectivity index (χ2n) is 7.47. The van der Waals surface area contributed by atoms with Crippen LogP contribution in [0, 0.1) is 6.92 Å². The zero-order valence-corrected chi connectivity index (χ0v) is 18.4. The van der Waals surface area contributed by atoms with Crippen molar-refractivity contribution in [2.75, 3.05) is 11.6 Å². The molecule has 0 spiro atoms. The van der Waals surface area contributed by atoms with Crippen molar-refractivity contribution in [3.05, 3.63) is 121 Å². The number of hydrogen-bond acceptors (Lipinski definition) is 1. The highest BCUT2D eigenvalue weighted by Gasteiger charge is 2.45. The molecule has 2 amide bonds. The minimum atomic E-state index is -2.09. The van der Waals surface area contributed by atoms with Gasteiger partial charge in [-0.3, -0.25) is 0 Å². The lowest BCUT2D eigenvalue weighted by Crippen LogP contribution is -2.41. The van der Waals surface area contributed by atoms with E-state index in [1.807, 2.05) is 49.4 Å². The van der Waals surface area contributed by atoms with Gasteiger partial charge in [-0.2, -0.15) is 0 Å². The number of hydrogen-bond donors (Lipinski definition) is 2. The van der Waals surface area contributed by atoms with E-state index in [-0.39, 0.29) is 6.03 Å². The number of nitrogens with one attached hydrogen (secondary N) is 2. The van der Waals surface area contributed by atoms with Gasteiger partial charge in [0.05, 0.1) is 0 Å². The van der Waals surface area contributed by atoms with Crippen LogP contribution >= 0.6 is 7.26 Å². The molecule has 3 nitrogen and oxygen atoms in total. The van der Waals surface area contributed by atoms with E-state index >= 15 is 0 Å². The Bertz CT molecular complexity index is 1020. The van der Waals surface area contributed by atoms with Gasteiger partial charge in [0.15, 0.2) is 0 Å². The fourth-order valence-corrected chi connectivity index (χ4v) is 7.64. The zero-order valence-electron chi connectivity index (χ0n) is 17.5. The van der Waals surface area contributed by atoms with E-state index in [4.69, 9.17) is 0 Å². The summed E-state index contributed by atoms with van der Waals surface area (Å²) in [5.41, 5.74) is 1.94. The number of amides is 2. The minimum Gasteiger partial charge on any atom is -0.308 e. The Hall–Kier alpha value is -3.42. The van der Waals surface area contributed by atoms with Gasteiger partial charge in [-0.25, -0.2) is 4.79 Å². The van der Waals surface area contributed by atoms with E-state index in [2.05, 4.69) is 83.4 Å².